The molecule has 1 fully saturated rings. The molecule has 12 nitrogen and oxygen atoms in total. The number of ether oxygens (including phenoxy) is 3. The number of nitrogens with zero attached hydrogens (tertiary/aromatic N) is 2. The maximum Gasteiger partial charge on any atom is 0.344 e. The summed E-state index contributed by atoms with van der Waals surface area (Å²) < 4.78 is 70.3. The number of nitrogens with one attached hydrogen (secondary N) is 2. The predicted octanol–water partition coefficient (Wildman–Crippen LogP) is 8.38. The fourth-order valence-electron chi connectivity index (χ4n) is 5.78. The van der Waals surface area contributed by atoms with E-state index >= 15 is 4.39 Å². The second kappa shape index (κ2) is 17.9. The molecule has 0 saturated heterocycles. The van der Waals surface area contributed by atoms with E-state index in [0.717, 1.165) is 19.0 Å². The fourth-order valence-corrected chi connectivity index (χ4v) is 7.58. The van der Waals surface area contributed by atoms with Gasteiger partial charge in [0.1, 0.15) is 23.3 Å². The third-order valence-electron chi connectivity index (χ3n) is 8.56. The number of halogens is 2. The molecule has 15 heteroatoms. The molecule has 0 radical (unpaired) electrons. The third kappa shape index (κ3) is 10.1. The molecule has 1 heterocycles. The first-order valence-electron chi connectivity index (χ1n) is 17.6. The lowest BCUT2D eigenvalue weighted by Crippen LogP contribution is -2.35. The van der Waals surface area contributed by atoms with Gasteiger partial charge in [-0.25, -0.2) is 8.78 Å². The van der Waals surface area contributed by atoms with Gasteiger partial charge in [0.2, 0.25) is 11.8 Å². The number of amides is 2. The monoisotopic (exact) mass is 754 g/mol. The number of hydrogen-bond donors (Lipinski definition) is 2. The van der Waals surface area contributed by atoms with Crippen LogP contribution < -0.4 is 24.8 Å². The maximum atomic E-state index is 15.4. The summed E-state index contributed by atoms with van der Waals surface area (Å²) in [4.78, 5) is 32.5. The molecule has 284 valence electrons. The molecule has 4 aromatic rings. The molecule has 1 aliphatic rings. The molecule has 0 bridgehead atoms. The molecule has 1 saturated carbocycles. The predicted molar refractivity (Wildman–Crippen MR) is 198 cm³/mol. The minimum absolute atomic E-state index is 0.0974. The highest BCUT2D eigenvalue weighted by Gasteiger charge is 2.56. The number of fused-ring (bicyclic) bond motifs is 1. The van der Waals surface area contributed by atoms with Gasteiger partial charge in [-0.05, 0) is 94.6 Å². The minimum atomic E-state index is -3.23. The fraction of sp³-hybridized carbons (Fsp3) is 0.395. The second-order valence-corrected chi connectivity index (χ2v) is 14.5. The van der Waals surface area contributed by atoms with Crippen molar-refractivity contribution in [2.45, 2.75) is 46.5 Å². The summed E-state index contributed by atoms with van der Waals surface area (Å²) in [5.74, 6) is -1.16. The highest BCUT2D eigenvalue weighted by molar-refractivity contribution is 7.53. The average Bonchev–Trinajstić information content (AvgIpc) is 3.95. The topological polar surface area (TPSA) is 138 Å². The number of pyridine rings is 1. The second-order valence-electron chi connectivity index (χ2n) is 12.5. The minimum Gasteiger partial charge on any atom is -0.493 e. The Bertz CT molecular complexity index is 1930. The Labute approximate surface area is 307 Å². The zero-order chi connectivity index (χ0) is 38.0. The Hall–Kier alpha value is -4.62. The number of hydrogen-bond acceptors (Lipinski definition) is 10. The first-order valence-corrected chi connectivity index (χ1v) is 19.3. The van der Waals surface area contributed by atoms with Crippen LogP contribution in [-0.4, -0.2) is 68.0 Å². The van der Waals surface area contributed by atoms with Crippen LogP contribution in [-0.2, 0) is 23.2 Å². The van der Waals surface area contributed by atoms with E-state index in [1.165, 1.54) is 49.7 Å². The van der Waals surface area contributed by atoms with Crippen molar-refractivity contribution in [3.05, 3.63) is 78.5 Å². The zero-order valence-electron chi connectivity index (χ0n) is 30.3. The Morgan fingerprint density at radius 2 is 1.53 bits per heavy atom. The van der Waals surface area contributed by atoms with Crippen molar-refractivity contribution in [1.82, 2.24) is 9.88 Å². The Morgan fingerprint density at radius 3 is 2.15 bits per heavy atom. The van der Waals surface area contributed by atoms with Gasteiger partial charge in [-0.1, -0.05) is 6.92 Å². The lowest BCUT2D eigenvalue weighted by Gasteiger charge is -2.26. The van der Waals surface area contributed by atoms with Crippen LogP contribution in [0.1, 0.15) is 46.5 Å². The van der Waals surface area contributed by atoms with Crippen molar-refractivity contribution in [3.8, 4) is 23.0 Å². The summed E-state index contributed by atoms with van der Waals surface area (Å²) >= 11 is 0. The van der Waals surface area contributed by atoms with Crippen LogP contribution in [0.15, 0.2) is 66.9 Å². The summed E-state index contributed by atoms with van der Waals surface area (Å²) in [5.41, 5.74) is -0.256. The quantitative estimate of drug-likeness (QED) is 0.0514. The number of methoxy groups -OCH3 is 1. The normalized spacial score (nSPS) is 13.5. The van der Waals surface area contributed by atoms with E-state index in [1.807, 2.05) is 0 Å². The molecule has 1 aliphatic carbocycles. The van der Waals surface area contributed by atoms with Crippen molar-refractivity contribution >= 4 is 41.7 Å². The van der Waals surface area contributed by atoms with Gasteiger partial charge in [0.05, 0.1) is 32.4 Å². The molecule has 53 heavy (non-hydrogen) atoms. The van der Waals surface area contributed by atoms with E-state index in [0.29, 0.717) is 79.5 Å². The van der Waals surface area contributed by atoms with E-state index in [4.69, 9.17) is 23.3 Å². The lowest BCUT2D eigenvalue weighted by molar-refractivity contribution is -0.131. The van der Waals surface area contributed by atoms with E-state index < -0.39 is 36.5 Å². The highest BCUT2D eigenvalue weighted by atomic mass is 31.2. The van der Waals surface area contributed by atoms with Crippen molar-refractivity contribution < 1.29 is 46.2 Å². The van der Waals surface area contributed by atoms with Crippen molar-refractivity contribution in [3.63, 3.8) is 0 Å². The van der Waals surface area contributed by atoms with Crippen LogP contribution >= 0.6 is 7.60 Å². The van der Waals surface area contributed by atoms with E-state index in [-0.39, 0.29) is 17.7 Å². The van der Waals surface area contributed by atoms with E-state index in [9.17, 15) is 18.5 Å². The molecule has 0 aliphatic heterocycles. The van der Waals surface area contributed by atoms with Crippen LogP contribution in [0.25, 0.3) is 10.9 Å². The number of aromatic nitrogens is 1. The molecule has 3 aromatic carbocycles. The Balaban J connectivity index is 1.21. The number of carbonyl (C=O) groups is 2. The van der Waals surface area contributed by atoms with Gasteiger partial charge >= 0.3 is 7.60 Å². The number of anilines is 2. The smallest absolute Gasteiger partial charge is 0.344 e. The van der Waals surface area contributed by atoms with E-state index in [2.05, 4.69) is 27.4 Å². The summed E-state index contributed by atoms with van der Waals surface area (Å²) in [6.45, 7) is 7.93. The molecule has 2 N–H and O–H groups in total. The maximum absolute atomic E-state index is 15.4. The van der Waals surface area contributed by atoms with Gasteiger partial charge in [0.15, 0.2) is 23.1 Å². The first kappa shape index (κ1) is 39.6. The van der Waals surface area contributed by atoms with Gasteiger partial charge in [-0.15, -0.1) is 0 Å². The van der Waals surface area contributed by atoms with Crippen LogP contribution in [0, 0.1) is 17.0 Å². The summed E-state index contributed by atoms with van der Waals surface area (Å²) in [7, 11) is -1.72. The van der Waals surface area contributed by atoms with Gasteiger partial charge in [-0.2, -0.15) is 0 Å². The molecule has 5 rings (SSSR count). The lowest BCUT2D eigenvalue weighted by atomic mass is 10.0. The van der Waals surface area contributed by atoms with Crippen LogP contribution in [0.2, 0.25) is 0 Å². The van der Waals surface area contributed by atoms with E-state index in [1.54, 1.807) is 32.0 Å². The molecular formula is C38H45F2N4O8P. The van der Waals surface area contributed by atoms with Gasteiger partial charge in [0.25, 0.3) is 0 Å². The van der Waals surface area contributed by atoms with Crippen LogP contribution in [0.4, 0.5) is 20.2 Å². The van der Waals surface area contributed by atoms with Crippen LogP contribution in [0.3, 0.4) is 0 Å². The molecular weight excluding hydrogens is 709 g/mol. The Kier molecular flexibility index (Phi) is 13.4. The van der Waals surface area contributed by atoms with Crippen molar-refractivity contribution in [2.24, 2.45) is 5.41 Å². The molecule has 1 aromatic heterocycles. The summed E-state index contributed by atoms with van der Waals surface area (Å²) in [6.07, 6.45) is 3.89. The molecule has 0 atom stereocenters. The average molecular weight is 755 g/mol. The largest absolute Gasteiger partial charge is 0.493 e. The Morgan fingerprint density at radius 1 is 0.849 bits per heavy atom. The first-order chi connectivity index (χ1) is 25.5. The molecule has 2 amide bonds. The SMILES string of the molecule is CCCN(CCCOc1cc2nccc(Oc3ccc(NC(=O)C4(C(=O)Nc5ccc(F)cc5)CC4)cc3F)c2cc1OC)CP(=O)(OCC)OCC. The van der Waals surface area contributed by atoms with Gasteiger partial charge in [-0.3, -0.25) is 24.0 Å². The number of benzene rings is 3. The van der Waals surface area contributed by atoms with Crippen LogP contribution in [0.5, 0.6) is 23.0 Å². The van der Waals surface area contributed by atoms with Crippen molar-refractivity contribution in [1.29, 1.82) is 0 Å². The molecule has 0 spiro atoms. The summed E-state index contributed by atoms with van der Waals surface area (Å²) in [6, 6.07) is 14.2. The zero-order valence-corrected chi connectivity index (χ0v) is 31.2. The highest BCUT2D eigenvalue weighted by Crippen LogP contribution is 2.49. The van der Waals surface area contributed by atoms with Gasteiger partial charge in [0, 0.05) is 41.6 Å². The molecule has 0 unspecified atom stereocenters. The van der Waals surface area contributed by atoms with Gasteiger partial charge < -0.3 is 33.9 Å². The standard InChI is InChI=1S/C38H45F2N4O8P/c1-5-19-44(25-53(47,50-6-2)51-7-3)20-8-21-49-35-24-31-29(23-34(35)48-4)32(15-18-41-31)52-33-14-13-28(22-30(33)40)43-37(46)38(16-17-38)36(45)42-27-11-9-26(39)10-12-27/h9-15,18,22-24H,5-8,16-17,19-21,25H2,1-4H3,(H,42,45)(H,43,46). The third-order valence-corrected chi connectivity index (χ3v) is 10.6. The van der Waals surface area contributed by atoms with Crippen molar-refractivity contribution in [2.75, 3.05) is 56.9 Å². The summed E-state index contributed by atoms with van der Waals surface area (Å²) in [5, 5.41) is 5.83. The number of carbonyl (C=O) groups excluding carboxylic acids is 2. The number of rotatable bonds is 20.